The molecule has 5 N–H and O–H groups in total. The van der Waals surface area contributed by atoms with Crippen LogP contribution < -0.4 is 16.4 Å². The van der Waals surface area contributed by atoms with Crippen molar-refractivity contribution in [2.24, 2.45) is 17.1 Å². The Kier molecular flexibility index (Phi) is 7.41. The molecule has 1 amide bonds. The fourth-order valence-electron chi connectivity index (χ4n) is 5.52. The van der Waals surface area contributed by atoms with Crippen LogP contribution in [-0.2, 0) is 4.79 Å². The zero-order valence-electron chi connectivity index (χ0n) is 21.3. The molecule has 2 aromatic heterocycles. The summed E-state index contributed by atoms with van der Waals surface area (Å²) in [6.07, 6.45) is 6.24. The Hall–Kier alpha value is -2.69. The highest BCUT2D eigenvalue weighted by Crippen LogP contribution is 2.39. The minimum absolute atomic E-state index is 0.0393. The summed E-state index contributed by atoms with van der Waals surface area (Å²) in [4.78, 5) is 25.7. The number of primary amides is 1. The molecule has 0 radical (unpaired) electrons. The molecule has 2 heterocycles. The summed E-state index contributed by atoms with van der Waals surface area (Å²) in [5.74, 6) is -0.269. The number of fused-ring (bicyclic) bond motifs is 1. The van der Waals surface area contributed by atoms with Gasteiger partial charge in [-0.3, -0.25) is 9.36 Å². The van der Waals surface area contributed by atoms with Crippen molar-refractivity contribution in [2.75, 3.05) is 10.6 Å². The first-order chi connectivity index (χ1) is 18.0. The van der Waals surface area contributed by atoms with Gasteiger partial charge in [0.05, 0.1) is 23.0 Å². The lowest BCUT2D eigenvalue weighted by Gasteiger charge is -2.39. The third-order valence-corrected chi connectivity index (χ3v) is 8.54. The van der Waals surface area contributed by atoms with Gasteiger partial charge in [0.15, 0.2) is 5.65 Å². The number of amides is 1. The van der Waals surface area contributed by atoms with Gasteiger partial charge in [0.2, 0.25) is 17.8 Å². The molecule has 0 spiro atoms. The van der Waals surface area contributed by atoms with Crippen molar-refractivity contribution >= 4 is 57.9 Å². The van der Waals surface area contributed by atoms with Crippen molar-refractivity contribution in [1.82, 2.24) is 19.5 Å². The van der Waals surface area contributed by atoms with Crippen LogP contribution in [0.5, 0.6) is 0 Å². The van der Waals surface area contributed by atoms with Crippen LogP contribution >= 0.6 is 23.2 Å². The van der Waals surface area contributed by atoms with Gasteiger partial charge in [-0.05, 0) is 62.5 Å². The number of nitrogens with zero attached hydrogens (tertiary/aromatic N) is 4. The van der Waals surface area contributed by atoms with Crippen LogP contribution in [-0.4, -0.2) is 42.7 Å². The van der Waals surface area contributed by atoms with E-state index in [0.717, 1.165) is 12.8 Å². The van der Waals surface area contributed by atoms with Crippen LogP contribution in [0, 0.1) is 17.2 Å². The third kappa shape index (κ3) is 5.39. The molecule has 0 bridgehead atoms. The number of carbonyl (C=O) groups is 1. The van der Waals surface area contributed by atoms with E-state index >= 15 is 0 Å². The van der Waals surface area contributed by atoms with Crippen LogP contribution in [0.3, 0.4) is 0 Å². The largest absolute Gasteiger partial charge is 0.392 e. The summed E-state index contributed by atoms with van der Waals surface area (Å²) in [6.45, 7) is 4.15. The van der Waals surface area contributed by atoms with E-state index in [0.29, 0.717) is 55.2 Å². The molecule has 2 aliphatic carbocycles. The Morgan fingerprint density at radius 3 is 2.58 bits per heavy atom. The van der Waals surface area contributed by atoms with Crippen molar-refractivity contribution in [1.29, 1.82) is 0 Å². The summed E-state index contributed by atoms with van der Waals surface area (Å²) >= 11 is 12.3. The van der Waals surface area contributed by atoms with E-state index in [2.05, 4.69) is 34.4 Å². The summed E-state index contributed by atoms with van der Waals surface area (Å²) < 4.78 is 16.7. The van der Waals surface area contributed by atoms with E-state index in [1.54, 1.807) is 6.20 Å². The van der Waals surface area contributed by atoms with Gasteiger partial charge in [-0.2, -0.15) is 4.98 Å². The maximum absolute atomic E-state index is 14.8. The van der Waals surface area contributed by atoms with Crippen molar-refractivity contribution < 1.29 is 14.3 Å². The normalized spacial score (nSPS) is 25.3. The molecule has 9 nitrogen and oxygen atoms in total. The van der Waals surface area contributed by atoms with E-state index < -0.39 is 11.9 Å². The van der Waals surface area contributed by atoms with Crippen molar-refractivity contribution in [3.05, 3.63) is 34.2 Å². The molecule has 2 saturated carbocycles. The molecule has 204 valence electrons. The van der Waals surface area contributed by atoms with Crippen molar-refractivity contribution in [3.63, 3.8) is 0 Å². The van der Waals surface area contributed by atoms with E-state index in [1.165, 1.54) is 12.1 Å². The highest BCUT2D eigenvalue weighted by atomic mass is 35.5. The number of halogens is 3. The van der Waals surface area contributed by atoms with Gasteiger partial charge >= 0.3 is 0 Å². The smallest absolute Gasteiger partial charge is 0.224 e. The number of anilines is 3. The van der Waals surface area contributed by atoms with Crippen LogP contribution in [0.15, 0.2) is 18.3 Å². The van der Waals surface area contributed by atoms with Gasteiger partial charge in [-0.25, -0.2) is 14.4 Å². The Morgan fingerprint density at radius 2 is 1.92 bits per heavy atom. The Morgan fingerprint density at radius 1 is 1.18 bits per heavy atom. The minimum atomic E-state index is -0.606. The number of aliphatic hydroxyl groups is 1. The number of rotatable bonds is 6. The van der Waals surface area contributed by atoms with E-state index in [9.17, 15) is 14.3 Å². The van der Waals surface area contributed by atoms with E-state index in [-0.39, 0.29) is 45.1 Å². The lowest BCUT2D eigenvalue weighted by molar-refractivity contribution is -0.122. The fourth-order valence-corrected chi connectivity index (χ4v) is 6.04. The van der Waals surface area contributed by atoms with E-state index in [1.807, 2.05) is 4.57 Å². The fraction of sp³-hybridized carbons (Fsp3) is 0.538. The second kappa shape index (κ2) is 10.5. The molecule has 0 aliphatic heterocycles. The number of benzene rings is 1. The predicted molar refractivity (Wildman–Crippen MR) is 146 cm³/mol. The molecule has 12 heteroatoms. The molecule has 3 aromatic rings. The first kappa shape index (κ1) is 26.9. The zero-order valence-corrected chi connectivity index (χ0v) is 22.9. The minimum Gasteiger partial charge on any atom is -0.392 e. The van der Waals surface area contributed by atoms with Gasteiger partial charge in [0.1, 0.15) is 11.3 Å². The average molecular weight is 564 g/mol. The van der Waals surface area contributed by atoms with Crippen LogP contribution in [0.25, 0.3) is 11.2 Å². The summed E-state index contributed by atoms with van der Waals surface area (Å²) in [6, 6.07) is 2.63. The number of carbonyl (C=O) groups excluding carboxylic acids is 1. The second-order valence-electron chi connectivity index (χ2n) is 11.1. The van der Waals surface area contributed by atoms with Crippen LogP contribution in [0.1, 0.15) is 64.8 Å². The number of aliphatic hydroxyl groups excluding tert-OH is 1. The molecule has 2 aliphatic rings. The van der Waals surface area contributed by atoms with Gasteiger partial charge in [0, 0.05) is 23.0 Å². The number of nitrogens with two attached hydrogens (primary N) is 1. The molecule has 2 fully saturated rings. The van der Waals surface area contributed by atoms with Gasteiger partial charge in [0.25, 0.3) is 0 Å². The standard InChI is InChI=1S/C26H32Cl2FN7O2/c1-26(2)8-7-15(11-20(26)37)32-24-31-12-19-23(35-24)36(16-5-3-13(4-6-16)22(30)38)25(33-19)34-21-17(28)9-14(27)10-18(21)29/h9-10,12-13,15-16,20,37H,3-8,11H2,1-2H3,(H2,30,38)(H,33,34)(H,31,32,35)/t13-,15-,16-,20-/m1/s1. The monoisotopic (exact) mass is 563 g/mol. The topological polar surface area (TPSA) is 131 Å². The quantitative estimate of drug-likeness (QED) is 0.307. The Labute approximate surface area is 230 Å². The predicted octanol–water partition coefficient (Wildman–Crippen LogP) is 5.58. The number of imidazole rings is 1. The molecule has 0 unspecified atom stereocenters. The molecular weight excluding hydrogens is 532 g/mol. The summed E-state index contributed by atoms with van der Waals surface area (Å²) in [7, 11) is 0. The average Bonchev–Trinajstić information content (AvgIpc) is 3.21. The Balaban J connectivity index is 1.49. The maximum Gasteiger partial charge on any atom is 0.224 e. The number of hydrogen-bond donors (Lipinski definition) is 4. The Bertz CT molecular complexity index is 1330. The SMILES string of the molecule is CC1(C)CC[C@@H](Nc2ncc3nc(Nc4c(F)cc(Cl)cc4Cl)n([C@H]4CC[C@H](C(N)=O)CC4)c3n2)C[C@H]1O. The van der Waals surface area contributed by atoms with Gasteiger partial charge in [-0.1, -0.05) is 37.0 Å². The molecular formula is C26H32Cl2FN7O2. The summed E-state index contributed by atoms with van der Waals surface area (Å²) in [5.41, 5.74) is 6.60. The number of hydrogen-bond acceptors (Lipinski definition) is 7. The maximum atomic E-state index is 14.8. The van der Waals surface area contributed by atoms with Crippen LogP contribution in [0.4, 0.5) is 22.0 Å². The number of nitrogens with one attached hydrogen (secondary N) is 2. The molecule has 1 aromatic carbocycles. The molecule has 38 heavy (non-hydrogen) atoms. The molecule has 0 saturated heterocycles. The summed E-state index contributed by atoms with van der Waals surface area (Å²) in [5, 5.41) is 17.3. The van der Waals surface area contributed by atoms with Crippen molar-refractivity contribution in [2.45, 2.75) is 77.0 Å². The first-order valence-corrected chi connectivity index (χ1v) is 13.7. The van der Waals surface area contributed by atoms with Crippen molar-refractivity contribution in [3.8, 4) is 0 Å². The highest BCUT2D eigenvalue weighted by molar-refractivity contribution is 6.36. The molecule has 2 atom stereocenters. The second-order valence-corrected chi connectivity index (χ2v) is 11.9. The molecule has 5 rings (SSSR count). The first-order valence-electron chi connectivity index (χ1n) is 12.9. The number of aromatic nitrogens is 4. The van der Waals surface area contributed by atoms with Gasteiger partial charge in [-0.15, -0.1) is 0 Å². The van der Waals surface area contributed by atoms with Gasteiger partial charge < -0.3 is 21.5 Å². The third-order valence-electron chi connectivity index (χ3n) is 8.02. The highest BCUT2D eigenvalue weighted by Gasteiger charge is 2.35. The zero-order chi connectivity index (χ0) is 27.2. The van der Waals surface area contributed by atoms with E-state index in [4.69, 9.17) is 33.9 Å². The van der Waals surface area contributed by atoms with Crippen LogP contribution in [0.2, 0.25) is 10.0 Å². The lowest BCUT2D eigenvalue weighted by atomic mass is 9.73. The lowest BCUT2D eigenvalue weighted by Crippen LogP contribution is -2.41.